The van der Waals surface area contributed by atoms with Crippen LogP contribution in [0.25, 0.3) is 10.9 Å². The molecule has 0 bridgehead atoms. The lowest BCUT2D eigenvalue weighted by atomic mass is 10.1. The Morgan fingerprint density at radius 2 is 1.93 bits per heavy atom. The number of anilines is 2. The van der Waals surface area contributed by atoms with Crippen LogP contribution >= 0.6 is 15.9 Å². The van der Waals surface area contributed by atoms with Gasteiger partial charge in [0.05, 0.1) is 24.1 Å². The van der Waals surface area contributed by atoms with E-state index in [0.717, 1.165) is 16.1 Å². The van der Waals surface area contributed by atoms with E-state index >= 15 is 0 Å². The van der Waals surface area contributed by atoms with Crippen molar-refractivity contribution >= 4 is 38.3 Å². The predicted octanol–water partition coefficient (Wildman–Crippen LogP) is 1.51. The van der Waals surface area contributed by atoms with Gasteiger partial charge in [0.25, 0.3) is 0 Å². The molecule has 0 unspecified atom stereocenters. The van der Waals surface area contributed by atoms with E-state index in [9.17, 15) is 24.5 Å². The van der Waals surface area contributed by atoms with Gasteiger partial charge in [0.1, 0.15) is 5.82 Å². The van der Waals surface area contributed by atoms with Crippen LogP contribution in [0.4, 0.5) is 15.9 Å². The summed E-state index contributed by atoms with van der Waals surface area (Å²) in [7, 11) is 0. The van der Waals surface area contributed by atoms with E-state index in [0.29, 0.717) is 18.9 Å². The molecule has 2 heterocycles. The molecular weight excluding hydrogens is 437 g/mol. The summed E-state index contributed by atoms with van der Waals surface area (Å²) in [5.41, 5.74) is 0.104. The molecular formula is C18H15BrFN3O5. The highest BCUT2D eigenvalue weighted by Crippen LogP contribution is 2.37. The zero-order valence-corrected chi connectivity index (χ0v) is 15.9. The van der Waals surface area contributed by atoms with Crippen LogP contribution in [0.5, 0.6) is 0 Å². The highest BCUT2D eigenvalue weighted by molar-refractivity contribution is 9.10. The monoisotopic (exact) mass is 451 g/mol. The first-order valence-electron chi connectivity index (χ1n) is 8.30. The summed E-state index contributed by atoms with van der Waals surface area (Å²) in [6.07, 6.45) is -3.53. The molecule has 1 aliphatic rings. The summed E-state index contributed by atoms with van der Waals surface area (Å²) < 4.78 is 21.4. The van der Waals surface area contributed by atoms with Gasteiger partial charge in [0, 0.05) is 22.3 Å². The molecule has 0 radical (unpaired) electrons. The first-order valence-corrected chi connectivity index (χ1v) is 9.10. The van der Waals surface area contributed by atoms with Gasteiger partial charge in [0.15, 0.2) is 5.82 Å². The number of hydrogen-bond acceptors (Lipinski definition) is 7. The lowest BCUT2D eigenvalue weighted by Crippen LogP contribution is -2.43. The van der Waals surface area contributed by atoms with Crippen molar-refractivity contribution in [2.24, 2.45) is 0 Å². The van der Waals surface area contributed by atoms with E-state index in [-0.39, 0.29) is 27.8 Å². The van der Waals surface area contributed by atoms with Gasteiger partial charge in [-0.05, 0) is 24.3 Å². The highest BCUT2D eigenvalue weighted by atomic mass is 79.9. The van der Waals surface area contributed by atoms with Gasteiger partial charge in [-0.15, -0.1) is 0 Å². The fourth-order valence-corrected chi connectivity index (χ4v) is 3.79. The third-order valence-corrected chi connectivity index (χ3v) is 5.24. The zero-order valence-electron chi connectivity index (χ0n) is 14.3. The Kier molecular flexibility index (Phi) is 4.68. The average Bonchev–Trinajstić information content (AvgIpc) is 2.83. The maximum absolute atomic E-state index is 14.8. The van der Waals surface area contributed by atoms with Gasteiger partial charge >= 0.3 is 11.8 Å². The fraction of sp³-hybridized carbons (Fsp3) is 0.222. The summed E-state index contributed by atoms with van der Waals surface area (Å²) in [6, 6.07) is 9.17. The first-order chi connectivity index (χ1) is 13.3. The minimum absolute atomic E-state index is 0.0107. The van der Waals surface area contributed by atoms with Gasteiger partial charge in [0.2, 0.25) is 0 Å². The van der Waals surface area contributed by atoms with E-state index in [2.05, 4.69) is 20.9 Å². The number of ether oxygens (including phenoxy) is 1. The topological polar surface area (TPSA) is 108 Å². The van der Waals surface area contributed by atoms with E-state index in [4.69, 9.17) is 4.74 Å². The van der Waals surface area contributed by atoms with Crippen molar-refractivity contribution < 1.29 is 24.4 Å². The van der Waals surface area contributed by atoms with Crippen LogP contribution in [-0.4, -0.2) is 38.0 Å². The molecule has 10 heteroatoms. The van der Waals surface area contributed by atoms with E-state index in [1.54, 1.807) is 17.0 Å². The largest absolute Gasteiger partial charge is 0.377 e. The number of aromatic nitrogens is 2. The van der Waals surface area contributed by atoms with Crippen molar-refractivity contribution in [2.75, 3.05) is 18.1 Å². The van der Waals surface area contributed by atoms with Crippen LogP contribution < -0.4 is 10.6 Å². The number of halogens is 2. The molecule has 2 aromatic carbocycles. The molecule has 0 atom stereocenters. The second-order valence-electron chi connectivity index (χ2n) is 6.23. The first kappa shape index (κ1) is 19.0. The number of benzene rings is 2. The summed E-state index contributed by atoms with van der Waals surface area (Å²) in [4.78, 5) is 18.0. The number of aliphatic hydroxyl groups is 3. The predicted molar refractivity (Wildman–Crippen MR) is 101 cm³/mol. The lowest BCUT2D eigenvalue weighted by Gasteiger charge is -2.27. The normalized spacial score (nSPS) is 14.8. The Hall–Kier alpha value is -2.37. The quantitative estimate of drug-likeness (QED) is 0.506. The molecule has 146 valence electrons. The van der Waals surface area contributed by atoms with Gasteiger partial charge < -0.3 is 25.0 Å². The number of nitrogens with zero attached hydrogens (tertiary/aromatic N) is 3. The SMILES string of the molecule is O=c1nc(N2CCOCc3c(Br)cccc32)c2c(F)cccc2n1C(O)(O)O. The zero-order chi connectivity index (χ0) is 20.1. The highest BCUT2D eigenvalue weighted by Gasteiger charge is 2.30. The van der Waals surface area contributed by atoms with E-state index in [1.165, 1.54) is 12.1 Å². The molecule has 0 spiro atoms. The van der Waals surface area contributed by atoms with Crippen LogP contribution in [0, 0.1) is 5.82 Å². The third-order valence-electron chi connectivity index (χ3n) is 4.50. The Labute approximate surface area is 166 Å². The Bertz CT molecular complexity index is 1130. The molecule has 4 rings (SSSR count). The van der Waals surface area contributed by atoms with Crippen LogP contribution in [0.15, 0.2) is 45.7 Å². The smallest absolute Gasteiger partial charge is 0.375 e. The summed E-state index contributed by atoms with van der Waals surface area (Å²) in [6.45, 7) is 0.898. The molecule has 0 aliphatic carbocycles. The van der Waals surface area contributed by atoms with Gasteiger partial charge in [-0.25, -0.2) is 13.8 Å². The number of fused-ring (bicyclic) bond motifs is 2. The average molecular weight is 452 g/mol. The standard InChI is InChI=1S/C18H15BrFN3O5/c19-11-3-1-5-13-10(11)9-28-8-7-22(13)16-15-12(20)4-2-6-14(15)23(17(24)21-16)18(25,26)27/h1-6,25-27H,7-9H2. The molecule has 0 saturated heterocycles. The third kappa shape index (κ3) is 3.09. The minimum Gasteiger partial charge on any atom is -0.375 e. The minimum atomic E-state index is -3.53. The van der Waals surface area contributed by atoms with E-state index < -0.39 is 17.6 Å². The maximum atomic E-state index is 14.8. The summed E-state index contributed by atoms with van der Waals surface area (Å²) in [5, 5.41) is 28.6. The van der Waals surface area contributed by atoms with Crippen LogP contribution in [0.3, 0.4) is 0 Å². The second-order valence-corrected chi connectivity index (χ2v) is 7.08. The van der Waals surface area contributed by atoms with Crippen LogP contribution in [-0.2, 0) is 17.4 Å². The van der Waals surface area contributed by atoms with E-state index in [1.807, 2.05) is 6.07 Å². The molecule has 8 nitrogen and oxygen atoms in total. The number of rotatable bonds is 2. The molecule has 0 amide bonds. The molecule has 3 aromatic rings. The van der Waals surface area contributed by atoms with Gasteiger partial charge in [-0.1, -0.05) is 28.1 Å². The Morgan fingerprint density at radius 1 is 1.18 bits per heavy atom. The van der Waals surface area contributed by atoms with Crippen molar-refractivity contribution in [3.05, 3.63) is 62.7 Å². The molecule has 0 saturated carbocycles. The van der Waals surface area contributed by atoms with Crippen LogP contribution in [0.2, 0.25) is 0 Å². The lowest BCUT2D eigenvalue weighted by molar-refractivity contribution is -0.374. The Morgan fingerprint density at radius 3 is 2.68 bits per heavy atom. The summed E-state index contributed by atoms with van der Waals surface area (Å²) >= 11 is 3.47. The molecule has 1 aromatic heterocycles. The van der Waals surface area contributed by atoms with Gasteiger partial charge in [-0.3, -0.25) is 0 Å². The van der Waals surface area contributed by atoms with Crippen molar-refractivity contribution in [3.63, 3.8) is 0 Å². The van der Waals surface area contributed by atoms with Crippen molar-refractivity contribution in [1.29, 1.82) is 0 Å². The van der Waals surface area contributed by atoms with Crippen molar-refractivity contribution in [3.8, 4) is 0 Å². The van der Waals surface area contributed by atoms with Crippen LogP contribution in [0.1, 0.15) is 5.56 Å². The maximum Gasteiger partial charge on any atom is 0.377 e. The Balaban J connectivity index is 2.07. The molecule has 3 N–H and O–H groups in total. The number of hydrogen-bond donors (Lipinski definition) is 3. The van der Waals surface area contributed by atoms with Crippen molar-refractivity contribution in [2.45, 2.75) is 12.7 Å². The summed E-state index contributed by atoms with van der Waals surface area (Å²) in [5.74, 6) is -0.747. The molecule has 0 fully saturated rings. The molecule has 28 heavy (non-hydrogen) atoms. The molecule has 1 aliphatic heterocycles. The fourth-order valence-electron chi connectivity index (χ4n) is 3.32. The second kappa shape index (κ2) is 6.90. The van der Waals surface area contributed by atoms with Crippen molar-refractivity contribution in [1.82, 2.24) is 9.55 Å². The van der Waals surface area contributed by atoms with Gasteiger partial charge in [-0.2, -0.15) is 4.98 Å².